The Bertz CT molecular complexity index is 963. The van der Waals surface area contributed by atoms with Crippen molar-refractivity contribution in [3.63, 3.8) is 0 Å². The molecule has 164 valence electrons. The Hall–Kier alpha value is -2.78. The summed E-state index contributed by atoms with van der Waals surface area (Å²) < 4.78 is 2.64. The molecule has 0 fully saturated rings. The minimum Gasteiger partial charge on any atom is -0.308 e. The monoisotopic (exact) mass is 417 g/mol. The molecule has 2 aromatic rings. The van der Waals surface area contributed by atoms with Crippen molar-refractivity contribution >= 4 is 5.69 Å². The number of nitrogens with zero attached hydrogens (tertiary/aromatic N) is 5. The number of non-ortho nitro benzene ring substituents is 1. The zero-order valence-electron chi connectivity index (χ0n) is 18.2. The quantitative estimate of drug-likeness (QED) is 0.400. The van der Waals surface area contributed by atoms with Gasteiger partial charge in [-0.15, -0.1) is 0 Å². The molecular weight excluding hydrogens is 386 g/mol. The summed E-state index contributed by atoms with van der Waals surface area (Å²) in [5.41, 5.74) is 1.31. The molecule has 30 heavy (non-hydrogen) atoms. The van der Waals surface area contributed by atoms with Crippen LogP contribution in [0.15, 0.2) is 39.9 Å². The molecule has 0 atom stereocenters. The van der Waals surface area contributed by atoms with Crippen LogP contribution in [0.3, 0.4) is 0 Å². The number of hydrogen-bond acceptors (Lipinski definition) is 6. The maximum Gasteiger partial charge on any atom is 0.330 e. The summed E-state index contributed by atoms with van der Waals surface area (Å²) in [5.74, 6) is 0. The lowest BCUT2D eigenvalue weighted by Crippen LogP contribution is -2.38. The van der Waals surface area contributed by atoms with E-state index in [9.17, 15) is 19.7 Å². The molecule has 0 spiro atoms. The summed E-state index contributed by atoms with van der Waals surface area (Å²) in [6.45, 7) is 3.49. The molecule has 9 heteroatoms. The molecule has 0 bridgehead atoms. The summed E-state index contributed by atoms with van der Waals surface area (Å²) in [6.07, 6.45) is 2.28. The SMILES string of the molecule is CN(C)CCN(CCCc1cc(=O)n(C)c(=O)n1C)CCc1ccc([N+](=O)[O-])cc1. The van der Waals surface area contributed by atoms with Gasteiger partial charge in [-0.25, -0.2) is 4.79 Å². The highest BCUT2D eigenvalue weighted by Gasteiger charge is 2.10. The highest BCUT2D eigenvalue weighted by molar-refractivity contribution is 5.32. The number of nitro benzene ring substituents is 1. The zero-order chi connectivity index (χ0) is 22.3. The number of aromatic nitrogens is 2. The molecule has 0 aliphatic heterocycles. The highest BCUT2D eigenvalue weighted by Crippen LogP contribution is 2.13. The Morgan fingerprint density at radius 3 is 2.20 bits per heavy atom. The van der Waals surface area contributed by atoms with Crippen LogP contribution in [-0.2, 0) is 26.9 Å². The third kappa shape index (κ3) is 6.64. The van der Waals surface area contributed by atoms with Crippen LogP contribution in [0.2, 0.25) is 0 Å². The molecule has 0 N–H and O–H groups in total. The zero-order valence-corrected chi connectivity index (χ0v) is 18.2. The molecule has 1 heterocycles. The number of nitro groups is 1. The lowest BCUT2D eigenvalue weighted by Gasteiger charge is -2.24. The van der Waals surface area contributed by atoms with Crippen molar-refractivity contribution in [3.8, 4) is 0 Å². The molecule has 0 saturated carbocycles. The Balaban J connectivity index is 1.97. The fourth-order valence-corrected chi connectivity index (χ4v) is 3.25. The fourth-order valence-electron chi connectivity index (χ4n) is 3.25. The van der Waals surface area contributed by atoms with Gasteiger partial charge in [0.15, 0.2) is 0 Å². The third-order valence-corrected chi connectivity index (χ3v) is 5.26. The van der Waals surface area contributed by atoms with Gasteiger partial charge in [0.2, 0.25) is 0 Å². The number of hydrogen-bond donors (Lipinski definition) is 0. The molecule has 0 aliphatic carbocycles. The summed E-state index contributed by atoms with van der Waals surface area (Å²) in [6, 6.07) is 8.21. The maximum absolute atomic E-state index is 12.1. The average molecular weight is 418 g/mol. The second kappa shape index (κ2) is 10.8. The third-order valence-electron chi connectivity index (χ3n) is 5.26. The first-order valence-electron chi connectivity index (χ1n) is 10.1. The first-order valence-corrected chi connectivity index (χ1v) is 10.1. The van der Waals surface area contributed by atoms with Crippen LogP contribution < -0.4 is 11.2 Å². The van der Waals surface area contributed by atoms with Crippen LogP contribution in [0.1, 0.15) is 17.7 Å². The molecule has 2 rings (SSSR count). The lowest BCUT2D eigenvalue weighted by molar-refractivity contribution is -0.384. The Morgan fingerprint density at radius 1 is 0.933 bits per heavy atom. The van der Waals surface area contributed by atoms with E-state index in [1.54, 1.807) is 19.2 Å². The fraction of sp³-hybridized carbons (Fsp3) is 0.524. The number of likely N-dealkylation sites (N-methyl/N-ethyl adjacent to an activating group) is 1. The second-order valence-electron chi connectivity index (χ2n) is 7.80. The van der Waals surface area contributed by atoms with Gasteiger partial charge in [-0.1, -0.05) is 12.1 Å². The van der Waals surface area contributed by atoms with Gasteiger partial charge in [-0.2, -0.15) is 0 Å². The van der Waals surface area contributed by atoms with E-state index in [0.717, 1.165) is 54.8 Å². The van der Waals surface area contributed by atoms with Crippen molar-refractivity contribution in [3.05, 3.63) is 72.5 Å². The number of benzene rings is 1. The predicted octanol–water partition coefficient (Wildman–Crippen LogP) is 1.03. The van der Waals surface area contributed by atoms with Gasteiger partial charge in [0.1, 0.15) is 0 Å². The van der Waals surface area contributed by atoms with E-state index in [1.165, 1.54) is 29.8 Å². The number of aryl methyl sites for hydroxylation is 1. The van der Waals surface area contributed by atoms with Crippen LogP contribution in [0.4, 0.5) is 5.69 Å². The molecule has 0 amide bonds. The normalized spacial score (nSPS) is 11.4. The van der Waals surface area contributed by atoms with Crippen LogP contribution in [0.25, 0.3) is 0 Å². The minimum absolute atomic E-state index is 0.0998. The average Bonchev–Trinajstić information content (AvgIpc) is 2.71. The molecule has 0 aliphatic rings. The smallest absolute Gasteiger partial charge is 0.308 e. The van der Waals surface area contributed by atoms with Crippen molar-refractivity contribution < 1.29 is 4.92 Å². The van der Waals surface area contributed by atoms with Gasteiger partial charge >= 0.3 is 5.69 Å². The van der Waals surface area contributed by atoms with Crippen LogP contribution >= 0.6 is 0 Å². The first kappa shape index (κ1) is 23.5. The minimum atomic E-state index is -0.391. The topological polar surface area (TPSA) is 93.6 Å². The Morgan fingerprint density at radius 2 is 1.60 bits per heavy atom. The molecule has 9 nitrogen and oxygen atoms in total. The van der Waals surface area contributed by atoms with E-state index in [-0.39, 0.29) is 16.9 Å². The van der Waals surface area contributed by atoms with Gasteiger partial charge in [-0.3, -0.25) is 19.5 Å². The summed E-state index contributed by atoms with van der Waals surface area (Å²) in [7, 11) is 7.24. The largest absolute Gasteiger partial charge is 0.330 e. The Labute approximate surface area is 176 Å². The molecular formula is C21H31N5O4. The van der Waals surface area contributed by atoms with E-state index in [2.05, 4.69) is 9.80 Å². The van der Waals surface area contributed by atoms with Crippen molar-refractivity contribution in [2.75, 3.05) is 40.3 Å². The highest BCUT2D eigenvalue weighted by atomic mass is 16.6. The van der Waals surface area contributed by atoms with Gasteiger partial charge in [0.05, 0.1) is 4.92 Å². The first-order chi connectivity index (χ1) is 14.2. The lowest BCUT2D eigenvalue weighted by atomic mass is 10.1. The van der Waals surface area contributed by atoms with Crippen molar-refractivity contribution in [1.82, 2.24) is 18.9 Å². The maximum atomic E-state index is 12.1. The second-order valence-corrected chi connectivity index (χ2v) is 7.80. The van der Waals surface area contributed by atoms with E-state index in [1.807, 2.05) is 14.1 Å². The van der Waals surface area contributed by atoms with Gasteiger partial charge < -0.3 is 14.4 Å². The van der Waals surface area contributed by atoms with Crippen molar-refractivity contribution in [2.24, 2.45) is 14.1 Å². The predicted molar refractivity (Wildman–Crippen MR) is 117 cm³/mol. The van der Waals surface area contributed by atoms with E-state index < -0.39 is 4.92 Å². The van der Waals surface area contributed by atoms with Crippen LogP contribution in [-0.4, -0.2) is 64.1 Å². The van der Waals surface area contributed by atoms with Crippen LogP contribution in [0, 0.1) is 10.1 Å². The standard InChI is InChI=1S/C21H31N5O4/c1-22(2)14-15-25(13-11-17-7-9-18(10-8-17)26(29)30)12-5-6-19-16-20(27)24(4)21(28)23(19)3/h7-10,16H,5-6,11-15H2,1-4H3. The summed E-state index contributed by atoms with van der Waals surface area (Å²) >= 11 is 0. The van der Waals surface area contributed by atoms with Crippen LogP contribution in [0.5, 0.6) is 0 Å². The van der Waals surface area contributed by atoms with Crippen molar-refractivity contribution in [1.29, 1.82) is 0 Å². The van der Waals surface area contributed by atoms with Gasteiger partial charge in [0, 0.05) is 57.6 Å². The summed E-state index contributed by atoms with van der Waals surface area (Å²) in [4.78, 5) is 38.9. The molecule has 0 radical (unpaired) electrons. The number of rotatable bonds is 11. The van der Waals surface area contributed by atoms with E-state index in [4.69, 9.17) is 0 Å². The van der Waals surface area contributed by atoms with Crippen molar-refractivity contribution in [2.45, 2.75) is 19.3 Å². The summed E-state index contributed by atoms with van der Waals surface area (Å²) in [5, 5.41) is 10.8. The van der Waals surface area contributed by atoms with Gasteiger partial charge in [-0.05, 0) is 45.5 Å². The Kier molecular flexibility index (Phi) is 8.49. The molecule has 0 saturated heterocycles. The molecule has 1 aromatic carbocycles. The molecule has 1 aromatic heterocycles. The molecule has 0 unspecified atom stereocenters. The van der Waals surface area contributed by atoms with E-state index >= 15 is 0 Å². The van der Waals surface area contributed by atoms with E-state index in [0.29, 0.717) is 6.42 Å². The van der Waals surface area contributed by atoms with Gasteiger partial charge in [0.25, 0.3) is 11.2 Å².